The van der Waals surface area contributed by atoms with Gasteiger partial charge in [-0.2, -0.15) is 4.39 Å². The van der Waals surface area contributed by atoms with E-state index < -0.39 is 28.8 Å². The van der Waals surface area contributed by atoms with Crippen LogP contribution in [0, 0.1) is 11.6 Å². The summed E-state index contributed by atoms with van der Waals surface area (Å²) in [4.78, 5) is 34.3. The number of amides is 1. The van der Waals surface area contributed by atoms with Crippen molar-refractivity contribution in [2.45, 2.75) is 19.9 Å². The fourth-order valence-corrected chi connectivity index (χ4v) is 3.06. The first kappa shape index (κ1) is 22.6. The van der Waals surface area contributed by atoms with Gasteiger partial charge in [0.1, 0.15) is 5.82 Å². The summed E-state index contributed by atoms with van der Waals surface area (Å²) in [5.41, 5.74) is 1.10. The Balaban J connectivity index is 2.05. The highest BCUT2D eigenvalue weighted by molar-refractivity contribution is 9.10. The van der Waals surface area contributed by atoms with Gasteiger partial charge in [-0.3, -0.25) is 19.4 Å². The highest BCUT2D eigenvalue weighted by atomic mass is 79.9. The van der Waals surface area contributed by atoms with E-state index in [9.17, 15) is 14.0 Å². The molecule has 3 aromatic rings. The van der Waals surface area contributed by atoms with Gasteiger partial charge in [-0.15, -0.1) is 0 Å². The molecular weight excluding hydrogens is 474 g/mol. The minimum Gasteiger partial charge on any atom is -0.350 e. The summed E-state index contributed by atoms with van der Waals surface area (Å²) in [5, 5.41) is 2.53. The lowest BCUT2D eigenvalue weighted by molar-refractivity contribution is 0.0315. The van der Waals surface area contributed by atoms with Gasteiger partial charge in [0, 0.05) is 23.1 Å². The maximum atomic E-state index is 15.1. The smallest absolute Gasteiger partial charge is 0.289 e. The van der Waals surface area contributed by atoms with E-state index in [1.807, 2.05) is 6.92 Å². The molecule has 0 aliphatic carbocycles. The van der Waals surface area contributed by atoms with Crippen molar-refractivity contribution in [1.82, 2.24) is 15.0 Å². The molecule has 0 aliphatic rings. The van der Waals surface area contributed by atoms with E-state index >= 15 is 4.39 Å². The Bertz CT molecular complexity index is 1140. The molecular formula is C21H19BrF2N4O3. The number of nitrogens with zero attached hydrogens (tertiary/aromatic N) is 2. The quantitative estimate of drug-likeness (QED) is 0.364. The van der Waals surface area contributed by atoms with Crippen molar-refractivity contribution in [3.63, 3.8) is 0 Å². The number of aromatic nitrogens is 2. The lowest BCUT2D eigenvalue weighted by Gasteiger charge is -2.16. The number of carbonyl (C=O) groups is 1. The topological polar surface area (TPSA) is 85.2 Å². The fraction of sp³-hybridized carbons (Fsp3) is 0.190. The number of rotatable bonds is 8. The monoisotopic (exact) mass is 492 g/mol. The molecule has 0 bridgehead atoms. The van der Waals surface area contributed by atoms with Crippen LogP contribution in [0.25, 0.3) is 0 Å². The lowest BCUT2D eigenvalue weighted by atomic mass is 10.1. The number of hydroxylamine groups is 1. The van der Waals surface area contributed by atoms with E-state index in [1.54, 1.807) is 18.3 Å². The minimum absolute atomic E-state index is 0.00733. The molecule has 0 radical (unpaired) electrons. The van der Waals surface area contributed by atoms with Gasteiger partial charge in [0.05, 0.1) is 30.1 Å². The maximum absolute atomic E-state index is 15.1. The van der Waals surface area contributed by atoms with Crippen molar-refractivity contribution < 1.29 is 18.4 Å². The first-order chi connectivity index (χ1) is 14.9. The molecule has 7 nitrogen and oxygen atoms in total. The van der Waals surface area contributed by atoms with Crippen LogP contribution in [0.1, 0.15) is 29.3 Å². The van der Waals surface area contributed by atoms with Crippen LogP contribution in [0.5, 0.6) is 0 Å². The molecule has 2 heterocycles. The Hall–Kier alpha value is -3.11. The van der Waals surface area contributed by atoms with Gasteiger partial charge >= 0.3 is 0 Å². The summed E-state index contributed by atoms with van der Waals surface area (Å²) >= 11 is 3.14. The molecule has 0 atom stereocenters. The molecule has 10 heteroatoms. The Labute approximate surface area is 185 Å². The summed E-state index contributed by atoms with van der Waals surface area (Å²) in [7, 11) is 0. The molecule has 0 unspecified atom stereocenters. The van der Waals surface area contributed by atoms with Gasteiger partial charge < -0.3 is 9.88 Å². The van der Waals surface area contributed by atoms with Crippen LogP contribution >= 0.6 is 15.9 Å². The van der Waals surface area contributed by atoms with Crippen LogP contribution in [-0.4, -0.2) is 22.1 Å². The van der Waals surface area contributed by atoms with Crippen LogP contribution in [-0.2, 0) is 11.4 Å². The maximum Gasteiger partial charge on any atom is 0.289 e. The van der Waals surface area contributed by atoms with Gasteiger partial charge in [0.25, 0.3) is 11.5 Å². The molecule has 0 saturated heterocycles. The Morgan fingerprint density at radius 1 is 1.29 bits per heavy atom. The molecule has 0 aliphatic heterocycles. The van der Waals surface area contributed by atoms with Gasteiger partial charge in [0.15, 0.2) is 0 Å². The van der Waals surface area contributed by atoms with Crippen LogP contribution in [0.3, 0.4) is 0 Å². The highest BCUT2D eigenvalue weighted by Crippen LogP contribution is 2.26. The van der Waals surface area contributed by atoms with Gasteiger partial charge in [-0.05, 0) is 36.2 Å². The molecule has 2 aromatic heterocycles. The molecule has 0 fully saturated rings. The van der Waals surface area contributed by atoms with Crippen molar-refractivity contribution in [1.29, 1.82) is 0 Å². The minimum atomic E-state index is -1.23. The zero-order chi connectivity index (χ0) is 22.4. The van der Waals surface area contributed by atoms with Gasteiger partial charge in [-0.1, -0.05) is 28.9 Å². The van der Waals surface area contributed by atoms with E-state index in [-0.39, 0.29) is 24.4 Å². The average molecular weight is 493 g/mol. The molecule has 1 aromatic carbocycles. The van der Waals surface area contributed by atoms with Gasteiger partial charge in [-0.25, -0.2) is 9.87 Å². The van der Waals surface area contributed by atoms with Crippen molar-refractivity contribution >= 4 is 33.2 Å². The number of benzene rings is 1. The first-order valence-corrected chi connectivity index (χ1v) is 10.2. The Morgan fingerprint density at radius 2 is 2.10 bits per heavy atom. The summed E-state index contributed by atoms with van der Waals surface area (Å²) in [6, 6.07) is 7.46. The molecule has 0 spiro atoms. The Kier molecular flexibility index (Phi) is 7.48. The standard InChI is InChI=1S/C21H19BrF2N4O3/c1-2-8-31-27-20(29)15-12-28(11-13-4-3-7-25-10-13)21(30)18(24)19(15)26-17-6-5-14(22)9-16(17)23/h3-7,9-10,12,26H,2,8,11H2,1H3,(H,27,29). The Morgan fingerprint density at radius 3 is 2.77 bits per heavy atom. The first-order valence-electron chi connectivity index (χ1n) is 9.36. The molecule has 162 valence electrons. The zero-order valence-electron chi connectivity index (χ0n) is 16.5. The number of hydrogen-bond acceptors (Lipinski definition) is 5. The molecule has 3 rings (SSSR count). The second-order valence-electron chi connectivity index (χ2n) is 6.55. The predicted octanol–water partition coefficient (Wildman–Crippen LogP) is 4.15. The second kappa shape index (κ2) is 10.3. The van der Waals surface area contributed by atoms with Crippen molar-refractivity contribution in [3.05, 3.63) is 86.5 Å². The molecule has 2 N–H and O–H groups in total. The van der Waals surface area contributed by atoms with E-state index in [0.717, 1.165) is 4.57 Å². The van der Waals surface area contributed by atoms with Crippen LogP contribution in [0.4, 0.5) is 20.2 Å². The van der Waals surface area contributed by atoms with Crippen LogP contribution in [0.2, 0.25) is 0 Å². The third-order valence-corrected chi connectivity index (χ3v) is 4.70. The number of anilines is 2. The fourth-order valence-electron chi connectivity index (χ4n) is 2.73. The zero-order valence-corrected chi connectivity index (χ0v) is 18.1. The number of pyridine rings is 2. The van der Waals surface area contributed by atoms with Crippen molar-refractivity contribution in [2.75, 3.05) is 11.9 Å². The largest absolute Gasteiger partial charge is 0.350 e. The summed E-state index contributed by atoms with van der Waals surface area (Å²) in [6.07, 6.45) is 4.93. The SMILES string of the molecule is CCCONC(=O)c1cn(Cc2cccnc2)c(=O)c(F)c1Nc1ccc(Br)cc1F. The molecule has 31 heavy (non-hydrogen) atoms. The summed E-state index contributed by atoms with van der Waals surface area (Å²) < 4.78 is 30.9. The second-order valence-corrected chi connectivity index (χ2v) is 7.47. The van der Waals surface area contributed by atoms with Gasteiger partial charge in [0.2, 0.25) is 5.82 Å². The number of nitrogens with one attached hydrogen (secondary N) is 2. The average Bonchev–Trinajstić information content (AvgIpc) is 2.75. The third-order valence-electron chi connectivity index (χ3n) is 4.20. The predicted molar refractivity (Wildman–Crippen MR) is 115 cm³/mol. The van der Waals surface area contributed by atoms with E-state index in [2.05, 4.69) is 31.7 Å². The normalized spacial score (nSPS) is 10.7. The van der Waals surface area contributed by atoms with E-state index in [0.29, 0.717) is 16.5 Å². The van der Waals surface area contributed by atoms with Crippen molar-refractivity contribution in [3.8, 4) is 0 Å². The van der Waals surface area contributed by atoms with E-state index in [4.69, 9.17) is 4.84 Å². The van der Waals surface area contributed by atoms with Crippen LogP contribution < -0.4 is 16.4 Å². The molecule has 0 saturated carbocycles. The lowest BCUT2D eigenvalue weighted by Crippen LogP contribution is -2.31. The third kappa shape index (κ3) is 5.53. The van der Waals surface area contributed by atoms with E-state index in [1.165, 1.54) is 30.6 Å². The van der Waals surface area contributed by atoms with Crippen LogP contribution in [0.15, 0.2) is 58.2 Å². The highest BCUT2D eigenvalue weighted by Gasteiger charge is 2.22. The molecule has 1 amide bonds. The summed E-state index contributed by atoms with van der Waals surface area (Å²) in [6.45, 7) is 2.09. The summed E-state index contributed by atoms with van der Waals surface area (Å²) in [5.74, 6) is -2.71. The number of halogens is 3. The number of hydrogen-bond donors (Lipinski definition) is 2. The number of carbonyl (C=O) groups excluding carboxylic acids is 1. The van der Waals surface area contributed by atoms with Crippen molar-refractivity contribution in [2.24, 2.45) is 0 Å².